The smallest absolute Gasteiger partial charge is 0.332 e. The number of nitrogens with one attached hydrogen (secondary N) is 1. The van der Waals surface area contributed by atoms with Gasteiger partial charge in [0.05, 0.1) is 28.8 Å². The van der Waals surface area contributed by atoms with Crippen molar-refractivity contribution < 1.29 is 47.9 Å². The quantitative estimate of drug-likeness (QED) is 0.173. The molecule has 1 aromatic carbocycles. The third-order valence-corrected chi connectivity index (χ3v) is 14.4. The Morgan fingerprint density at radius 2 is 1.77 bits per heavy atom. The van der Waals surface area contributed by atoms with E-state index in [1.54, 1.807) is 21.0 Å². The van der Waals surface area contributed by atoms with Gasteiger partial charge < -0.3 is 33.7 Å². The zero-order chi connectivity index (χ0) is 40.7. The number of hydrogen-bond acceptors (Lipinski definition) is 12. The molecule has 7 rings (SSSR count). The van der Waals surface area contributed by atoms with Crippen molar-refractivity contribution in [1.29, 1.82) is 0 Å². The Hall–Kier alpha value is -3.56. The Morgan fingerprint density at radius 3 is 2.39 bits per heavy atom. The second kappa shape index (κ2) is 14.4. The maximum atomic E-state index is 14.4. The number of aliphatic hydroxyl groups is 1. The van der Waals surface area contributed by atoms with Crippen LogP contribution in [0.25, 0.3) is 11.4 Å². The van der Waals surface area contributed by atoms with Crippen LogP contribution in [0.1, 0.15) is 74.7 Å². The van der Waals surface area contributed by atoms with Gasteiger partial charge in [0.25, 0.3) is 0 Å². The van der Waals surface area contributed by atoms with Gasteiger partial charge in [0.15, 0.2) is 22.9 Å². The van der Waals surface area contributed by atoms with Gasteiger partial charge >= 0.3 is 17.8 Å². The van der Waals surface area contributed by atoms with Crippen LogP contribution in [0.15, 0.2) is 42.0 Å². The first-order valence-corrected chi connectivity index (χ1v) is 20.2. The van der Waals surface area contributed by atoms with Crippen LogP contribution < -0.4 is 4.68 Å². The minimum absolute atomic E-state index is 0.0274. The number of hydrogen-bond donors (Lipinski definition) is 2. The summed E-state index contributed by atoms with van der Waals surface area (Å²) in [7, 11) is 5.40. The molecule has 2 N–H and O–H groups in total. The van der Waals surface area contributed by atoms with Crippen LogP contribution in [0, 0.1) is 40.4 Å². The molecule has 0 radical (unpaired) electrons. The molecule has 2 aliphatic carbocycles. The monoisotopic (exact) mass is 778 g/mol. The third-order valence-electron chi connectivity index (χ3n) is 14.4. The molecule has 4 heterocycles. The number of likely N-dealkylation sites (N-methyl/N-ethyl adjacent to an activating group) is 1. The molecule has 2 saturated carbocycles. The molecule has 1 spiro atoms. The predicted octanol–water partition coefficient (Wildman–Crippen LogP) is 3.67. The van der Waals surface area contributed by atoms with Crippen LogP contribution in [0.3, 0.4) is 0 Å². The Morgan fingerprint density at radius 1 is 1.07 bits per heavy atom. The molecular weight excluding hydrogens is 718 g/mol. The summed E-state index contributed by atoms with van der Waals surface area (Å²) in [5, 5.41) is 23.1. The number of tetrazole rings is 1. The van der Waals surface area contributed by atoms with Gasteiger partial charge in [-0.15, -0.1) is 0 Å². The van der Waals surface area contributed by atoms with E-state index in [1.165, 1.54) is 0 Å². The fourth-order valence-corrected chi connectivity index (χ4v) is 11.3. The molecule has 1 aromatic heterocycles. The van der Waals surface area contributed by atoms with Crippen molar-refractivity contribution in [3.8, 4) is 11.4 Å². The predicted molar refractivity (Wildman–Crippen MR) is 202 cm³/mol. The molecule has 15 atom stereocenters. The van der Waals surface area contributed by atoms with Gasteiger partial charge in [-0.05, 0) is 91.1 Å². The van der Waals surface area contributed by atoms with E-state index in [-0.39, 0.29) is 41.7 Å². The Bertz CT molecular complexity index is 1870. The molecule has 3 saturated heterocycles. The number of methoxy groups -OCH3 is 1. The van der Waals surface area contributed by atoms with Crippen molar-refractivity contribution in [2.24, 2.45) is 40.4 Å². The maximum Gasteiger partial charge on any atom is 0.332 e. The van der Waals surface area contributed by atoms with Crippen molar-refractivity contribution in [3.63, 3.8) is 0 Å². The summed E-state index contributed by atoms with van der Waals surface area (Å²) in [4.78, 5) is 44.5. The largest absolute Gasteiger partial charge is 0.458 e. The van der Waals surface area contributed by atoms with Gasteiger partial charge in [0, 0.05) is 30.4 Å². The second-order valence-electron chi connectivity index (χ2n) is 17.9. The summed E-state index contributed by atoms with van der Waals surface area (Å²) in [5.74, 6) is -3.09. The molecular formula is C42H60N5O9+. The first-order valence-electron chi connectivity index (χ1n) is 20.2. The SMILES string of the molecule is CC[C@H]1OC(=O)[C@H](C)C(=O)[C@H](C)[C@@H](O[C@@H]2O[C@H](C)C[C@H](N(C)C)[C@H]2O)[C@](C)(OC)C[C@@H](C)/C(=C\C[n+]2[nH]nnc2-c2ccccc2)[C@]2(C)C3C4C32C(=O)O[C@@]41C. The van der Waals surface area contributed by atoms with E-state index < -0.39 is 64.4 Å². The molecule has 0 bridgehead atoms. The zero-order valence-electron chi connectivity index (χ0n) is 34.6. The minimum Gasteiger partial charge on any atom is -0.458 e. The lowest BCUT2D eigenvalue weighted by atomic mass is 9.67. The number of H-pyrrole nitrogens is 1. The van der Waals surface area contributed by atoms with E-state index in [2.05, 4.69) is 35.4 Å². The zero-order valence-corrected chi connectivity index (χ0v) is 34.6. The van der Waals surface area contributed by atoms with Crippen LogP contribution in [0.5, 0.6) is 0 Å². The minimum atomic E-state index is -1.15. The first-order chi connectivity index (χ1) is 26.4. The standard InChI is InChI=1S/C42H59N5O9/c1-12-29-41(8)33-32-40(7,42(32,33)38(51)56-41)27(18-19-47-35(43-44-45-47)26-16-14-13-15-17-26)22(2)21-39(6,52-11)34(24(4)30(48)25(5)36(50)54-29)55-37-31(49)28(46(9)10)20-23(3)53-37/h13-18,22-25,28-29,31-34,37,49H,12,19-21H2,1-11H3/p+1/b27-18+/t22-,23-,24+,25-,28+,29-,31-,32?,33?,34-,37+,39-,40-,41-,42?/m1/s1. The van der Waals surface area contributed by atoms with Crippen LogP contribution in [0.4, 0.5) is 0 Å². The summed E-state index contributed by atoms with van der Waals surface area (Å²) < 4.78 is 33.7. The second-order valence-corrected chi connectivity index (χ2v) is 17.9. The Balaban J connectivity index is 1.32. The molecule has 306 valence electrons. The fraction of sp³-hybridized carbons (Fsp3) is 0.714. The van der Waals surface area contributed by atoms with Gasteiger partial charge in [-0.1, -0.05) is 56.7 Å². The molecule has 14 nitrogen and oxygen atoms in total. The summed E-state index contributed by atoms with van der Waals surface area (Å²) in [6.45, 7) is 15.6. The van der Waals surface area contributed by atoms with Crippen LogP contribution in [0.2, 0.25) is 0 Å². The maximum absolute atomic E-state index is 14.4. The average Bonchev–Trinajstić information content (AvgIpc) is 3.91. The highest BCUT2D eigenvalue weighted by Crippen LogP contribution is 2.98. The number of nitrogens with zero attached hydrogens (tertiary/aromatic N) is 4. The number of carbonyl (C=O) groups is 3. The lowest BCUT2D eigenvalue weighted by Gasteiger charge is -2.47. The number of ether oxygens (including phenoxy) is 5. The molecule has 5 aliphatic rings. The number of Topliss-reactive ketones (excluding diaryl/α,β-unsaturated/α-hetero) is 1. The third kappa shape index (κ3) is 5.99. The highest BCUT2D eigenvalue weighted by molar-refractivity contribution is 6.00. The number of esters is 2. The summed E-state index contributed by atoms with van der Waals surface area (Å²) in [6.07, 6.45) is -0.483. The molecule has 2 aromatic rings. The number of aromatic nitrogens is 4. The van der Waals surface area contributed by atoms with Gasteiger partial charge in [-0.25, -0.2) is 0 Å². The molecule has 56 heavy (non-hydrogen) atoms. The van der Waals surface area contributed by atoms with Gasteiger partial charge in [-0.2, -0.15) is 4.68 Å². The molecule has 14 heteroatoms. The molecule has 3 aliphatic heterocycles. The normalized spacial score (nSPS) is 44.5. The topological polar surface area (TPSA) is 166 Å². The number of allylic oxidation sites excluding steroid dienone is 2. The van der Waals surface area contributed by atoms with Gasteiger partial charge in [0.2, 0.25) is 0 Å². The van der Waals surface area contributed by atoms with Crippen molar-refractivity contribution >= 4 is 17.7 Å². The van der Waals surface area contributed by atoms with Crippen molar-refractivity contribution in [3.05, 3.63) is 42.0 Å². The lowest BCUT2D eigenvalue weighted by Crippen LogP contribution is -2.59. The molecule has 0 amide bonds. The van der Waals surface area contributed by atoms with Crippen molar-refractivity contribution in [1.82, 2.24) is 20.4 Å². The van der Waals surface area contributed by atoms with Crippen LogP contribution in [-0.2, 0) is 44.6 Å². The number of aliphatic hydroxyl groups excluding tert-OH is 1. The van der Waals surface area contributed by atoms with E-state index in [0.29, 0.717) is 31.6 Å². The summed E-state index contributed by atoms with van der Waals surface area (Å²) in [6, 6.07) is 9.55. The molecule has 3 unspecified atom stereocenters. The number of rotatable bonds is 8. The fourth-order valence-electron chi connectivity index (χ4n) is 11.3. The number of aromatic amines is 1. The van der Waals surface area contributed by atoms with Gasteiger partial charge in [-0.3, -0.25) is 14.4 Å². The van der Waals surface area contributed by atoms with Gasteiger partial charge in [0.1, 0.15) is 29.8 Å². The first kappa shape index (κ1) is 40.6. The van der Waals surface area contributed by atoms with Crippen LogP contribution in [-0.4, -0.2) is 112 Å². The lowest BCUT2D eigenvalue weighted by molar-refractivity contribution is -0.735. The Labute approximate surface area is 329 Å². The summed E-state index contributed by atoms with van der Waals surface area (Å²) >= 11 is 0. The number of carbonyl (C=O) groups excluding carboxylic acids is 3. The van der Waals surface area contributed by atoms with Crippen molar-refractivity contribution in [2.75, 3.05) is 21.2 Å². The number of benzene rings is 1. The van der Waals surface area contributed by atoms with E-state index in [4.69, 9.17) is 23.7 Å². The van der Waals surface area contributed by atoms with E-state index in [1.807, 2.05) is 81.7 Å². The Kier molecular flexibility index (Phi) is 10.4. The summed E-state index contributed by atoms with van der Waals surface area (Å²) in [5.41, 5.74) is -1.57. The number of cyclic esters (lactones) is 1. The average molecular weight is 779 g/mol. The van der Waals surface area contributed by atoms with Crippen LogP contribution >= 0.6 is 0 Å². The van der Waals surface area contributed by atoms with Crippen molar-refractivity contribution in [2.45, 2.75) is 129 Å². The van der Waals surface area contributed by atoms with E-state index in [9.17, 15) is 19.5 Å². The number of ketones is 1. The highest BCUT2D eigenvalue weighted by atomic mass is 16.7. The highest BCUT2D eigenvalue weighted by Gasteiger charge is 3.04. The van der Waals surface area contributed by atoms with E-state index >= 15 is 0 Å². The molecule has 5 fully saturated rings. The van der Waals surface area contributed by atoms with E-state index in [0.717, 1.165) is 11.1 Å².